The number of thiophene rings is 1. The Balaban J connectivity index is 2.03. The van der Waals surface area contributed by atoms with Gasteiger partial charge in [-0.2, -0.15) is 0 Å². The molecule has 0 amide bonds. The summed E-state index contributed by atoms with van der Waals surface area (Å²) in [5.41, 5.74) is 3.44. The fraction of sp³-hybridized carbons (Fsp3) is 0.318. The summed E-state index contributed by atoms with van der Waals surface area (Å²) in [6, 6.07) is 12.1. The summed E-state index contributed by atoms with van der Waals surface area (Å²) in [6.45, 7) is 4.67. The first-order valence-corrected chi connectivity index (χ1v) is 9.93. The monoisotopic (exact) mass is 381 g/mol. The highest BCUT2D eigenvalue weighted by Gasteiger charge is 2.33. The lowest BCUT2D eigenvalue weighted by Crippen LogP contribution is -2.22. The third kappa shape index (κ3) is 3.16. The number of aryl methyl sites for hydroxylation is 1. The molecule has 0 unspecified atom stereocenters. The minimum atomic E-state index is -0.854. The molecule has 0 bridgehead atoms. The van der Waals surface area contributed by atoms with Crippen LogP contribution in [0.15, 0.2) is 36.4 Å². The maximum absolute atomic E-state index is 12.3. The van der Waals surface area contributed by atoms with Gasteiger partial charge in [0, 0.05) is 10.4 Å². The van der Waals surface area contributed by atoms with Crippen LogP contribution in [-0.2, 0) is 24.3 Å². The van der Waals surface area contributed by atoms with Gasteiger partial charge in [0.05, 0.1) is 17.0 Å². The highest BCUT2D eigenvalue weighted by atomic mass is 32.1. The number of fused-ring (bicyclic) bond motifs is 2. The van der Waals surface area contributed by atoms with Crippen molar-refractivity contribution >= 4 is 28.1 Å². The molecule has 0 saturated heterocycles. The number of nitrogens with two attached hydrogens (primary N) is 1. The molecule has 1 aromatic heterocycles. The molecule has 1 aliphatic rings. The first-order valence-electron chi connectivity index (χ1n) is 9.12. The smallest absolute Gasteiger partial charge is 0.337 e. The predicted octanol–water partition coefficient (Wildman–Crippen LogP) is 5.17. The van der Waals surface area contributed by atoms with Crippen LogP contribution in [-0.4, -0.2) is 11.1 Å². The fourth-order valence-electron chi connectivity index (χ4n) is 4.12. The number of carbonyl (C=O) groups is 1. The number of carboxylic acid groups (broad SMARTS) is 1. The molecule has 0 radical (unpaired) electrons. The van der Waals surface area contributed by atoms with E-state index in [1.165, 1.54) is 4.88 Å². The summed E-state index contributed by atoms with van der Waals surface area (Å²) in [5, 5.41) is 12.2. The number of hydrogen-bond donors (Lipinski definition) is 2. The molecule has 4 rings (SSSR count). The van der Waals surface area contributed by atoms with Crippen LogP contribution in [0.5, 0.6) is 0 Å². The van der Waals surface area contributed by atoms with Crippen LogP contribution in [0, 0.1) is 5.41 Å². The quantitative estimate of drug-likeness (QED) is 0.611. The Labute approximate surface area is 162 Å². The summed E-state index contributed by atoms with van der Waals surface area (Å²) in [4.78, 5) is 19.3. The SMILES string of the molecule is CC1(C)CCc2sc(-c3c(CON)ccc4ccccc34)c(C(=O)O)c2C1. The fourth-order valence-corrected chi connectivity index (χ4v) is 5.52. The Bertz CT molecular complexity index is 1040. The summed E-state index contributed by atoms with van der Waals surface area (Å²) in [7, 11) is 0. The Hall–Kier alpha value is -2.21. The molecule has 27 heavy (non-hydrogen) atoms. The van der Waals surface area contributed by atoms with E-state index >= 15 is 0 Å². The average molecular weight is 381 g/mol. The normalized spacial score (nSPS) is 15.7. The molecule has 1 heterocycles. The van der Waals surface area contributed by atoms with Gasteiger partial charge in [0.1, 0.15) is 0 Å². The third-order valence-corrected chi connectivity index (χ3v) is 6.78. The molecule has 3 N–H and O–H groups in total. The Kier molecular flexibility index (Phi) is 4.54. The lowest BCUT2D eigenvalue weighted by molar-refractivity contribution is 0.0696. The molecule has 0 aliphatic heterocycles. The second kappa shape index (κ2) is 6.75. The van der Waals surface area contributed by atoms with E-state index in [4.69, 9.17) is 10.7 Å². The summed E-state index contributed by atoms with van der Waals surface area (Å²) < 4.78 is 0. The Morgan fingerprint density at radius 2 is 2.04 bits per heavy atom. The Morgan fingerprint density at radius 1 is 1.26 bits per heavy atom. The highest BCUT2D eigenvalue weighted by Crippen LogP contribution is 2.47. The lowest BCUT2D eigenvalue weighted by atomic mass is 9.75. The van der Waals surface area contributed by atoms with E-state index in [0.717, 1.165) is 51.6 Å². The van der Waals surface area contributed by atoms with Crippen molar-refractivity contribution in [3.05, 3.63) is 58.0 Å². The molecule has 4 nitrogen and oxygen atoms in total. The largest absolute Gasteiger partial charge is 0.478 e. The molecule has 140 valence electrons. The standard InChI is InChI=1S/C22H23NO3S/c1-22(2)10-9-17-16(11-22)19(21(24)25)20(27-17)18-14(12-26-23)8-7-13-5-3-4-6-15(13)18/h3-8H,9-12,23H2,1-2H3,(H,24,25). The van der Waals surface area contributed by atoms with Gasteiger partial charge in [-0.25, -0.2) is 10.7 Å². The molecule has 1 aliphatic carbocycles. The predicted molar refractivity (Wildman–Crippen MR) is 109 cm³/mol. The molecule has 5 heteroatoms. The Morgan fingerprint density at radius 3 is 2.78 bits per heavy atom. The number of hydrogen-bond acceptors (Lipinski definition) is 4. The first-order chi connectivity index (χ1) is 12.9. The van der Waals surface area contributed by atoms with Crippen LogP contribution in [0.4, 0.5) is 0 Å². The van der Waals surface area contributed by atoms with Gasteiger partial charge in [0.2, 0.25) is 0 Å². The van der Waals surface area contributed by atoms with Gasteiger partial charge < -0.3 is 5.11 Å². The van der Waals surface area contributed by atoms with Crippen LogP contribution in [0.2, 0.25) is 0 Å². The highest BCUT2D eigenvalue weighted by molar-refractivity contribution is 7.16. The maximum atomic E-state index is 12.3. The van der Waals surface area contributed by atoms with Crippen molar-refractivity contribution < 1.29 is 14.7 Å². The second-order valence-electron chi connectivity index (χ2n) is 7.99. The number of benzene rings is 2. The van der Waals surface area contributed by atoms with Crippen LogP contribution in [0.25, 0.3) is 21.2 Å². The lowest BCUT2D eigenvalue weighted by Gasteiger charge is -2.29. The molecule has 0 saturated carbocycles. The van der Waals surface area contributed by atoms with Crippen LogP contribution in [0.3, 0.4) is 0 Å². The van der Waals surface area contributed by atoms with Gasteiger partial charge in [0.15, 0.2) is 0 Å². The van der Waals surface area contributed by atoms with Gasteiger partial charge in [-0.15, -0.1) is 11.3 Å². The second-order valence-corrected chi connectivity index (χ2v) is 9.09. The number of rotatable bonds is 4. The van der Waals surface area contributed by atoms with E-state index in [0.29, 0.717) is 5.56 Å². The average Bonchev–Trinajstić information content (AvgIpc) is 2.98. The van der Waals surface area contributed by atoms with Gasteiger partial charge in [-0.05, 0) is 46.6 Å². The van der Waals surface area contributed by atoms with E-state index in [2.05, 4.69) is 13.8 Å². The van der Waals surface area contributed by atoms with E-state index < -0.39 is 5.97 Å². The van der Waals surface area contributed by atoms with E-state index in [-0.39, 0.29) is 12.0 Å². The summed E-state index contributed by atoms with van der Waals surface area (Å²) in [6.07, 6.45) is 2.81. The van der Waals surface area contributed by atoms with Crippen molar-refractivity contribution in [1.29, 1.82) is 0 Å². The van der Waals surface area contributed by atoms with Crippen LogP contribution >= 0.6 is 11.3 Å². The first kappa shape index (κ1) is 18.2. The molecule has 0 spiro atoms. The summed E-state index contributed by atoms with van der Waals surface area (Å²) in [5.74, 6) is 4.52. The van der Waals surface area contributed by atoms with Crippen molar-refractivity contribution in [2.24, 2.45) is 11.3 Å². The van der Waals surface area contributed by atoms with Crippen LogP contribution in [0.1, 0.15) is 46.6 Å². The van der Waals surface area contributed by atoms with E-state index in [1.54, 1.807) is 11.3 Å². The minimum absolute atomic E-state index is 0.123. The van der Waals surface area contributed by atoms with Crippen molar-refractivity contribution in [2.45, 2.75) is 39.7 Å². The molecule has 0 atom stereocenters. The molecule has 3 aromatic rings. The van der Waals surface area contributed by atoms with Crippen molar-refractivity contribution in [1.82, 2.24) is 0 Å². The van der Waals surface area contributed by atoms with E-state index in [1.807, 2.05) is 36.4 Å². The molecule has 2 aromatic carbocycles. The van der Waals surface area contributed by atoms with Gasteiger partial charge in [-0.3, -0.25) is 4.84 Å². The van der Waals surface area contributed by atoms with Gasteiger partial charge >= 0.3 is 5.97 Å². The van der Waals surface area contributed by atoms with Gasteiger partial charge in [0.25, 0.3) is 0 Å². The summed E-state index contributed by atoms with van der Waals surface area (Å²) >= 11 is 1.62. The van der Waals surface area contributed by atoms with E-state index in [9.17, 15) is 9.90 Å². The topological polar surface area (TPSA) is 72.5 Å². The molecule has 0 fully saturated rings. The minimum Gasteiger partial charge on any atom is -0.478 e. The van der Waals surface area contributed by atoms with Crippen molar-refractivity contribution in [3.63, 3.8) is 0 Å². The van der Waals surface area contributed by atoms with Crippen molar-refractivity contribution in [3.8, 4) is 10.4 Å². The zero-order chi connectivity index (χ0) is 19.2. The number of aromatic carboxylic acids is 1. The zero-order valence-electron chi connectivity index (χ0n) is 15.5. The zero-order valence-corrected chi connectivity index (χ0v) is 16.4. The van der Waals surface area contributed by atoms with Gasteiger partial charge in [-0.1, -0.05) is 50.2 Å². The number of carboxylic acids is 1. The molecular weight excluding hydrogens is 358 g/mol. The third-order valence-electron chi connectivity index (χ3n) is 5.47. The van der Waals surface area contributed by atoms with Crippen LogP contribution < -0.4 is 5.90 Å². The maximum Gasteiger partial charge on any atom is 0.337 e. The molecular formula is C22H23NO3S. The van der Waals surface area contributed by atoms with Crippen molar-refractivity contribution in [2.75, 3.05) is 0 Å².